The summed E-state index contributed by atoms with van der Waals surface area (Å²) in [6.45, 7) is 1.79. The van der Waals surface area contributed by atoms with Crippen molar-refractivity contribution in [1.82, 2.24) is 5.43 Å². The Hall–Kier alpha value is -4.05. The molecule has 3 rings (SSSR count). The molecule has 0 unspecified atom stereocenters. The molecule has 3 aromatic rings. The van der Waals surface area contributed by atoms with Crippen molar-refractivity contribution >= 4 is 33.0 Å². The summed E-state index contributed by atoms with van der Waals surface area (Å²) in [7, 11) is -3.55. The zero-order valence-electron chi connectivity index (χ0n) is 18.0. The van der Waals surface area contributed by atoms with Crippen molar-refractivity contribution in [3.8, 4) is 0 Å². The highest BCUT2D eigenvalue weighted by Gasteiger charge is 2.18. The average Bonchev–Trinajstić information content (AvgIpc) is 2.81. The highest BCUT2D eigenvalue weighted by atomic mass is 32.2. The molecule has 0 bridgehead atoms. The molecule has 0 aliphatic rings. The summed E-state index contributed by atoms with van der Waals surface area (Å²) in [5, 5.41) is 14.9. The van der Waals surface area contributed by atoms with E-state index in [9.17, 15) is 23.3 Å². The number of carbonyl (C=O) groups is 1. The maximum absolute atomic E-state index is 12.5. The van der Waals surface area contributed by atoms with E-state index in [0.717, 1.165) is 11.8 Å². The third-order valence-electron chi connectivity index (χ3n) is 4.79. The second-order valence-corrected chi connectivity index (χ2v) is 9.15. The van der Waals surface area contributed by atoms with Crippen LogP contribution in [0.1, 0.15) is 28.4 Å². The third kappa shape index (κ3) is 6.23. The topological polar surface area (TPSA) is 122 Å². The van der Waals surface area contributed by atoms with Crippen LogP contribution in [0, 0.1) is 10.1 Å². The van der Waals surface area contributed by atoms with Gasteiger partial charge in [0.15, 0.2) is 0 Å². The fraction of sp³-hybridized carbons (Fsp3) is 0.130. The standard InChI is InChI=1S/C23H22N4O5S/c1-17(20-9-6-10-22(15-20)27(29)30)24-25-23(28)19-11-13-21(14-12-19)26(33(2,31)32)16-18-7-4-3-5-8-18/h3-15H,16H2,1-2H3,(H,25,28)/b24-17+. The number of nitrogens with zero attached hydrogens (tertiary/aromatic N) is 3. The van der Waals surface area contributed by atoms with Gasteiger partial charge in [-0.2, -0.15) is 5.10 Å². The van der Waals surface area contributed by atoms with E-state index in [4.69, 9.17) is 0 Å². The number of nitro groups is 1. The monoisotopic (exact) mass is 466 g/mol. The Morgan fingerprint density at radius 1 is 1.00 bits per heavy atom. The van der Waals surface area contributed by atoms with Crippen molar-refractivity contribution in [2.45, 2.75) is 13.5 Å². The van der Waals surface area contributed by atoms with Gasteiger partial charge in [0, 0.05) is 23.3 Å². The molecule has 1 amide bonds. The molecule has 0 aliphatic heterocycles. The number of hydrogen-bond acceptors (Lipinski definition) is 6. The molecule has 0 saturated heterocycles. The number of rotatable bonds is 8. The first-order chi connectivity index (χ1) is 15.6. The van der Waals surface area contributed by atoms with E-state index < -0.39 is 20.9 Å². The van der Waals surface area contributed by atoms with Gasteiger partial charge < -0.3 is 0 Å². The zero-order chi connectivity index (χ0) is 24.0. The van der Waals surface area contributed by atoms with Crippen LogP contribution in [0.5, 0.6) is 0 Å². The van der Waals surface area contributed by atoms with Gasteiger partial charge in [-0.3, -0.25) is 19.2 Å². The smallest absolute Gasteiger partial charge is 0.267 e. The number of nitrogens with one attached hydrogen (secondary N) is 1. The number of non-ortho nitro benzene ring substituents is 1. The lowest BCUT2D eigenvalue weighted by molar-refractivity contribution is -0.384. The lowest BCUT2D eigenvalue weighted by Crippen LogP contribution is -2.29. The van der Waals surface area contributed by atoms with Crippen LogP contribution in [0.4, 0.5) is 11.4 Å². The van der Waals surface area contributed by atoms with E-state index in [1.165, 1.54) is 34.6 Å². The van der Waals surface area contributed by atoms with E-state index in [1.807, 2.05) is 30.3 Å². The molecule has 0 saturated carbocycles. The van der Waals surface area contributed by atoms with Crippen molar-refractivity contribution in [1.29, 1.82) is 0 Å². The van der Waals surface area contributed by atoms with Crippen molar-refractivity contribution < 1.29 is 18.1 Å². The lowest BCUT2D eigenvalue weighted by Gasteiger charge is -2.22. The zero-order valence-corrected chi connectivity index (χ0v) is 18.8. The van der Waals surface area contributed by atoms with Gasteiger partial charge in [-0.05, 0) is 36.8 Å². The largest absolute Gasteiger partial charge is 0.271 e. The molecular weight excluding hydrogens is 444 g/mol. The average molecular weight is 467 g/mol. The molecule has 33 heavy (non-hydrogen) atoms. The van der Waals surface area contributed by atoms with Crippen molar-refractivity contribution in [2.75, 3.05) is 10.6 Å². The van der Waals surface area contributed by atoms with Gasteiger partial charge in [0.2, 0.25) is 10.0 Å². The Balaban J connectivity index is 1.74. The first-order valence-corrected chi connectivity index (χ1v) is 11.7. The Kier molecular flexibility index (Phi) is 7.19. The minimum atomic E-state index is -3.55. The van der Waals surface area contributed by atoms with Gasteiger partial charge in [-0.25, -0.2) is 13.8 Å². The summed E-state index contributed by atoms with van der Waals surface area (Å²) in [6.07, 6.45) is 1.13. The number of sulfonamides is 1. The SMILES string of the molecule is C/C(=N\NC(=O)c1ccc(N(Cc2ccccc2)S(C)(=O)=O)cc1)c1cccc([N+](=O)[O-])c1. The van der Waals surface area contributed by atoms with E-state index in [0.29, 0.717) is 17.0 Å². The molecule has 170 valence electrons. The molecule has 0 atom stereocenters. The molecule has 0 fully saturated rings. The molecule has 0 radical (unpaired) electrons. The first kappa shape index (κ1) is 23.6. The number of hydrazone groups is 1. The summed E-state index contributed by atoms with van der Waals surface area (Å²) in [6, 6.07) is 21.2. The Bertz CT molecular complexity index is 1290. The minimum absolute atomic E-state index is 0.0742. The predicted molar refractivity (Wildman–Crippen MR) is 127 cm³/mol. The summed E-state index contributed by atoms with van der Waals surface area (Å²) in [5.74, 6) is -0.500. The number of benzene rings is 3. The molecule has 0 spiro atoms. The van der Waals surface area contributed by atoms with E-state index in [2.05, 4.69) is 10.5 Å². The number of amides is 1. The van der Waals surface area contributed by atoms with Gasteiger partial charge in [0.25, 0.3) is 11.6 Å². The van der Waals surface area contributed by atoms with E-state index in [-0.39, 0.29) is 17.8 Å². The summed E-state index contributed by atoms with van der Waals surface area (Å²) in [5.41, 5.74) is 4.77. The molecule has 0 aliphatic carbocycles. The van der Waals surface area contributed by atoms with Crippen LogP contribution in [-0.4, -0.2) is 31.2 Å². The molecule has 0 aromatic heterocycles. The van der Waals surface area contributed by atoms with Gasteiger partial charge in [-0.15, -0.1) is 0 Å². The number of carbonyl (C=O) groups excluding carboxylic acids is 1. The highest BCUT2D eigenvalue weighted by molar-refractivity contribution is 7.92. The molecule has 3 aromatic carbocycles. The van der Waals surface area contributed by atoms with Crippen LogP contribution in [0.3, 0.4) is 0 Å². The first-order valence-electron chi connectivity index (χ1n) is 9.86. The maximum Gasteiger partial charge on any atom is 0.271 e. The summed E-state index contributed by atoms with van der Waals surface area (Å²) in [4.78, 5) is 22.9. The van der Waals surface area contributed by atoms with Gasteiger partial charge >= 0.3 is 0 Å². The van der Waals surface area contributed by atoms with Crippen molar-refractivity contribution in [3.05, 3.63) is 106 Å². The van der Waals surface area contributed by atoms with Crippen LogP contribution in [-0.2, 0) is 16.6 Å². The summed E-state index contributed by atoms with van der Waals surface area (Å²) < 4.78 is 25.9. The maximum atomic E-state index is 12.5. The van der Waals surface area contributed by atoms with Crippen LogP contribution >= 0.6 is 0 Å². The minimum Gasteiger partial charge on any atom is -0.267 e. The Morgan fingerprint density at radius 3 is 2.27 bits per heavy atom. The van der Waals surface area contributed by atoms with Crippen LogP contribution in [0.2, 0.25) is 0 Å². The van der Waals surface area contributed by atoms with Gasteiger partial charge in [0.05, 0.1) is 29.1 Å². The van der Waals surface area contributed by atoms with Crippen LogP contribution < -0.4 is 9.73 Å². The molecule has 0 heterocycles. The van der Waals surface area contributed by atoms with Crippen molar-refractivity contribution in [3.63, 3.8) is 0 Å². The Labute approximate surface area is 191 Å². The Morgan fingerprint density at radius 2 is 1.67 bits per heavy atom. The number of nitro benzene ring substituents is 1. The fourth-order valence-electron chi connectivity index (χ4n) is 3.04. The van der Waals surface area contributed by atoms with Gasteiger partial charge in [-0.1, -0.05) is 42.5 Å². The van der Waals surface area contributed by atoms with E-state index >= 15 is 0 Å². The van der Waals surface area contributed by atoms with Gasteiger partial charge in [0.1, 0.15) is 0 Å². The predicted octanol–water partition coefficient (Wildman–Crippen LogP) is 3.72. The van der Waals surface area contributed by atoms with E-state index in [1.54, 1.807) is 25.1 Å². The lowest BCUT2D eigenvalue weighted by atomic mass is 10.1. The third-order valence-corrected chi connectivity index (χ3v) is 5.93. The number of hydrogen-bond donors (Lipinski definition) is 1. The second kappa shape index (κ2) is 10.0. The van der Waals surface area contributed by atoms with Crippen LogP contribution in [0.15, 0.2) is 84.0 Å². The highest BCUT2D eigenvalue weighted by Crippen LogP contribution is 2.21. The molecular formula is C23H22N4O5S. The molecule has 9 nitrogen and oxygen atoms in total. The number of anilines is 1. The second-order valence-electron chi connectivity index (χ2n) is 7.25. The quantitative estimate of drug-likeness (QED) is 0.308. The normalized spacial score (nSPS) is 11.6. The van der Waals surface area contributed by atoms with Crippen LogP contribution in [0.25, 0.3) is 0 Å². The fourth-order valence-corrected chi connectivity index (χ4v) is 3.92. The summed E-state index contributed by atoms with van der Waals surface area (Å²) >= 11 is 0. The molecule has 1 N–H and O–H groups in total. The van der Waals surface area contributed by atoms with Crippen molar-refractivity contribution in [2.24, 2.45) is 5.10 Å². The molecule has 10 heteroatoms.